The molecule has 0 aliphatic carbocycles. The predicted octanol–water partition coefficient (Wildman–Crippen LogP) is 1.72. The van der Waals surface area contributed by atoms with E-state index in [0.29, 0.717) is 17.8 Å². The SMILES string of the molecule is CC(=O)N1CCCC(Cn2cnc3sccc3c2=O)C1. The van der Waals surface area contributed by atoms with E-state index in [9.17, 15) is 9.59 Å². The number of likely N-dealkylation sites (tertiary alicyclic amines) is 1. The van der Waals surface area contributed by atoms with Crippen molar-refractivity contribution >= 4 is 27.5 Å². The highest BCUT2D eigenvalue weighted by atomic mass is 32.1. The lowest BCUT2D eigenvalue weighted by atomic mass is 9.98. The highest BCUT2D eigenvalue weighted by Crippen LogP contribution is 2.19. The molecule has 2 aromatic rings. The summed E-state index contributed by atoms with van der Waals surface area (Å²) >= 11 is 1.48. The molecule has 1 fully saturated rings. The van der Waals surface area contributed by atoms with E-state index in [0.717, 1.165) is 30.8 Å². The average molecular weight is 291 g/mol. The molecule has 0 bridgehead atoms. The number of carbonyl (C=O) groups is 1. The van der Waals surface area contributed by atoms with Gasteiger partial charge in [-0.1, -0.05) is 0 Å². The second kappa shape index (κ2) is 5.36. The third-order valence-electron chi connectivity index (χ3n) is 3.87. The van der Waals surface area contributed by atoms with Crippen LogP contribution in [0, 0.1) is 5.92 Å². The maximum Gasteiger partial charge on any atom is 0.262 e. The van der Waals surface area contributed by atoms with Gasteiger partial charge in [0.2, 0.25) is 5.91 Å². The molecule has 1 atom stereocenters. The van der Waals surface area contributed by atoms with Crippen LogP contribution in [0.1, 0.15) is 19.8 Å². The Kier molecular flexibility index (Phi) is 3.56. The van der Waals surface area contributed by atoms with Gasteiger partial charge in [-0.05, 0) is 30.2 Å². The molecule has 20 heavy (non-hydrogen) atoms. The molecule has 0 radical (unpaired) electrons. The topological polar surface area (TPSA) is 55.2 Å². The standard InChI is InChI=1S/C14H17N3O2S/c1-10(18)16-5-2-3-11(7-16)8-17-9-15-13-12(14(17)19)4-6-20-13/h4,6,9,11H,2-3,5,7-8H2,1H3. The Labute approximate surface area is 120 Å². The van der Waals surface area contributed by atoms with Crippen molar-refractivity contribution in [1.82, 2.24) is 14.5 Å². The zero-order valence-electron chi connectivity index (χ0n) is 11.4. The van der Waals surface area contributed by atoms with Gasteiger partial charge in [0.05, 0.1) is 11.7 Å². The second-order valence-corrected chi connectivity index (χ2v) is 6.21. The Morgan fingerprint density at radius 1 is 1.55 bits per heavy atom. The van der Waals surface area contributed by atoms with Crippen LogP contribution in [0.2, 0.25) is 0 Å². The number of carbonyl (C=O) groups excluding carboxylic acids is 1. The highest BCUT2D eigenvalue weighted by molar-refractivity contribution is 7.16. The Morgan fingerprint density at radius 3 is 3.20 bits per heavy atom. The first-order valence-corrected chi connectivity index (χ1v) is 7.71. The summed E-state index contributed by atoms with van der Waals surface area (Å²) in [5.41, 5.74) is 0.0243. The maximum absolute atomic E-state index is 12.3. The third-order valence-corrected chi connectivity index (χ3v) is 4.69. The first-order chi connectivity index (χ1) is 9.65. The predicted molar refractivity (Wildman–Crippen MR) is 78.9 cm³/mol. The van der Waals surface area contributed by atoms with Crippen LogP contribution in [0.5, 0.6) is 0 Å². The van der Waals surface area contributed by atoms with Crippen LogP contribution >= 0.6 is 11.3 Å². The van der Waals surface area contributed by atoms with E-state index in [1.54, 1.807) is 17.8 Å². The first-order valence-electron chi connectivity index (χ1n) is 6.83. The van der Waals surface area contributed by atoms with Gasteiger partial charge < -0.3 is 4.90 Å². The summed E-state index contributed by atoms with van der Waals surface area (Å²) in [5, 5.41) is 2.58. The molecule has 106 valence electrons. The number of amides is 1. The quantitative estimate of drug-likeness (QED) is 0.846. The normalized spacial score (nSPS) is 19.4. The van der Waals surface area contributed by atoms with Crippen molar-refractivity contribution in [2.45, 2.75) is 26.3 Å². The first kappa shape index (κ1) is 13.3. The summed E-state index contributed by atoms with van der Waals surface area (Å²) in [5.74, 6) is 0.455. The molecule has 5 nitrogen and oxygen atoms in total. The highest BCUT2D eigenvalue weighted by Gasteiger charge is 2.22. The van der Waals surface area contributed by atoms with Crippen LogP contribution in [0.15, 0.2) is 22.6 Å². The number of fused-ring (bicyclic) bond motifs is 1. The summed E-state index contributed by atoms with van der Waals surface area (Å²) in [4.78, 5) is 30.8. The van der Waals surface area contributed by atoms with E-state index in [2.05, 4.69) is 4.98 Å². The van der Waals surface area contributed by atoms with E-state index in [4.69, 9.17) is 0 Å². The number of nitrogens with zero attached hydrogens (tertiary/aromatic N) is 3. The van der Waals surface area contributed by atoms with Gasteiger partial charge in [0.25, 0.3) is 5.56 Å². The van der Waals surface area contributed by atoms with Crippen LogP contribution in [0.3, 0.4) is 0 Å². The molecule has 1 saturated heterocycles. The van der Waals surface area contributed by atoms with Gasteiger partial charge in [0, 0.05) is 26.6 Å². The zero-order chi connectivity index (χ0) is 14.1. The Hall–Kier alpha value is -1.69. The van der Waals surface area contributed by atoms with E-state index in [1.165, 1.54) is 11.3 Å². The van der Waals surface area contributed by atoms with Gasteiger partial charge in [0.1, 0.15) is 4.83 Å². The lowest BCUT2D eigenvalue weighted by Gasteiger charge is -2.32. The molecular formula is C14H17N3O2S. The number of hydrogen-bond donors (Lipinski definition) is 0. The van der Waals surface area contributed by atoms with Gasteiger partial charge >= 0.3 is 0 Å². The second-order valence-electron chi connectivity index (χ2n) is 5.31. The van der Waals surface area contributed by atoms with Gasteiger partial charge in [0.15, 0.2) is 0 Å². The van der Waals surface area contributed by atoms with Crippen LogP contribution in [0.4, 0.5) is 0 Å². The average Bonchev–Trinajstić information content (AvgIpc) is 2.91. The largest absolute Gasteiger partial charge is 0.343 e. The Balaban J connectivity index is 1.80. The van der Waals surface area contributed by atoms with Crippen molar-refractivity contribution in [3.05, 3.63) is 28.1 Å². The minimum Gasteiger partial charge on any atom is -0.343 e. The summed E-state index contributed by atoms with van der Waals surface area (Å²) in [6.07, 6.45) is 3.69. The number of thiophene rings is 1. The third kappa shape index (κ3) is 2.47. The molecule has 3 heterocycles. The Bertz CT molecular complexity index is 691. The van der Waals surface area contributed by atoms with Crippen LogP contribution < -0.4 is 5.56 Å². The molecular weight excluding hydrogens is 274 g/mol. The van der Waals surface area contributed by atoms with Crippen LogP contribution in [0.25, 0.3) is 10.2 Å². The molecule has 0 aromatic carbocycles. The molecule has 1 aliphatic rings. The molecule has 6 heteroatoms. The summed E-state index contributed by atoms with van der Waals surface area (Å²) in [6.45, 7) is 3.82. The monoisotopic (exact) mass is 291 g/mol. The smallest absolute Gasteiger partial charge is 0.262 e. The van der Waals surface area contributed by atoms with E-state index in [-0.39, 0.29) is 11.5 Å². The lowest BCUT2D eigenvalue weighted by molar-refractivity contribution is -0.130. The fourth-order valence-corrected chi connectivity index (χ4v) is 3.52. The maximum atomic E-state index is 12.3. The number of rotatable bonds is 2. The van der Waals surface area contributed by atoms with Crippen molar-refractivity contribution in [3.63, 3.8) is 0 Å². The van der Waals surface area contributed by atoms with Crippen molar-refractivity contribution in [1.29, 1.82) is 0 Å². The minimum absolute atomic E-state index is 0.0243. The van der Waals surface area contributed by atoms with Gasteiger partial charge in [-0.25, -0.2) is 4.98 Å². The molecule has 3 rings (SSSR count). The Morgan fingerprint density at radius 2 is 2.40 bits per heavy atom. The van der Waals surface area contributed by atoms with E-state index < -0.39 is 0 Å². The summed E-state index contributed by atoms with van der Waals surface area (Å²) in [6, 6.07) is 1.83. The molecule has 1 amide bonds. The van der Waals surface area contributed by atoms with Crippen LogP contribution in [-0.2, 0) is 11.3 Å². The molecule has 0 saturated carbocycles. The van der Waals surface area contributed by atoms with Crippen LogP contribution in [-0.4, -0.2) is 33.4 Å². The molecule has 1 aliphatic heterocycles. The fourth-order valence-electron chi connectivity index (χ4n) is 2.80. The number of piperidine rings is 1. The summed E-state index contributed by atoms with van der Waals surface area (Å²) in [7, 11) is 0. The minimum atomic E-state index is 0.0243. The van der Waals surface area contributed by atoms with Crippen molar-refractivity contribution < 1.29 is 4.79 Å². The zero-order valence-corrected chi connectivity index (χ0v) is 12.2. The lowest BCUT2D eigenvalue weighted by Crippen LogP contribution is -2.40. The summed E-state index contributed by atoms with van der Waals surface area (Å²) < 4.78 is 1.68. The van der Waals surface area contributed by atoms with E-state index >= 15 is 0 Å². The van der Waals surface area contributed by atoms with Gasteiger partial charge in [-0.2, -0.15) is 0 Å². The fraction of sp³-hybridized carbons (Fsp3) is 0.500. The molecule has 0 N–H and O–H groups in total. The van der Waals surface area contributed by atoms with Crippen molar-refractivity contribution in [3.8, 4) is 0 Å². The van der Waals surface area contributed by atoms with E-state index in [1.807, 2.05) is 16.3 Å². The van der Waals surface area contributed by atoms with Gasteiger partial charge in [-0.15, -0.1) is 11.3 Å². The number of aromatic nitrogens is 2. The van der Waals surface area contributed by atoms with Crippen molar-refractivity contribution in [2.24, 2.45) is 5.92 Å². The van der Waals surface area contributed by atoms with Crippen molar-refractivity contribution in [2.75, 3.05) is 13.1 Å². The molecule has 0 spiro atoms. The van der Waals surface area contributed by atoms with Gasteiger partial charge in [-0.3, -0.25) is 14.2 Å². The molecule has 1 unspecified atom stereocenters. The molecule has 2 aromatic heterocycles. The number of hydrogen-bond acceptors (Lipinski definition) is 4.